The predicted molar refractivity (Wildman–Crippen MR) is 82.3 cm³/mol. The Labute approximate surface area is 130 Å². The van der Waals surface area contributed by atoms with Crippen molar-refractivity contribution < 1.29 is 9.59 Å². The number of nitrogens with zero attached hydrogens (tertiary/aromatic N) is 1. The third-order valence-electron chi connectivity index (χ3n) is 2.80. The van der Waals surface area contributed by atoms with Crippen LogP contribution in [-0.4, -0.2) is 16.8 Å². The van der Waals surface area contributed by atoms with E-state index in [-0.39, 0.29) is 18.2 Å². The molecule has 0 bridgehead atoms. The molecule has 6 heteroatoms. The van der Waals surface area contributed by atoms with Crippen LogP contribution in [-0.2, 0) is 11.2 Å². The van der Waals surface area contributed by atoms with Gasteiger partial charge in [-0.3, -0.25) is 25.4 Å². The zero-order valence-electron chi connectivity index (χ0n) is 11.2. The molecule has 1 heterocycles. The number of nitrogens with one attached hydrogen (secondary N) is 2. The summed E-state index contributed by atoms with van der Waals surface area (Å²) in [5.41, 5.74) is 6.23. The van der Waals surface area contributed by atoms with Crippen LogP contribution in [0.2, 0.25) is 0 Å². The fraction of sp³-hybridized carbons (Fsp3) is 0.133. The minimum atomic E-state index is -0.364. The van der Waals surface area contributed by atoms with Crippen LogP contribution in [0, 0.1) is 0 Å². The van der Waals surface area contributed by atoms with Gasteiger partial charge in [0.2, 0.25) is 5.91 Å². The molecule has 0 saturated heterocycles. The summed E-state index contributed by atoms with van der Waals surface area (Å²) in [6, 6.07) is 10.7. The summed E-state index contributed by atoms with van der Waals surface area (Å²) in [5.74, 6) is -0.614. The molecule has 0 atom stereocenters. The molecule has 0 aliphatic rings. The topological polar surface area (TPSA) is 71.1 Å². The van der Waals surface area contributed by atoms with Crippen LogP contribution in [0.1, 0.15) is 22.3 Å². The number of rotatable bonds is 4. The van der Waals surface area contributed by atoms with E-state index < -0.39 is 0 Å². The number of carbonyl (C=O) groups excluding carboxylic acids is 2. The van der Waals surface area contributed by atoms with Crippen molar-refractivity contribution in [1.29, 1.82) is 0 Å². The maximum atomic E-state index is 11.9. The van der Waals surface area contributed by atoms with Crippen molar-refractivity contribution >= 4 is 27.7 Å². The van der Waals surface area contributed by atoms with Crippen molar-refractivity contribution in [2.75, 3.05) is 0 Å². The maximum Gasteiger partial charge on any atom is 0.270 e. The Kier molecular flexibility index (Phi) is 5.45. The number of aryl methyl sites for hydroxylation is 1. The zero-order valence-corrected chi connectivity index (χ0v) is 12.8. The second kappa shape index (κ2) is 7.54. The molecule has 5 nitrogen and oxygen atoms in total. The first-order valence-corrected chi connectivity index (χ1v) is 7.19. The first-order valence-electron chi connectivity index (χ1n) is 6.39. The molecule has 0 aliphatic carbocycles. The Bertz CT molecular complexity index is 632. The molecule has 2 rings (SSSR count). The van der Waals surface area contributed by atoms with Crippen molar-refractivity contribution in [2.45, 2.75) is 12.8 Å². The minimum absolute atomic E-state index is 0.251. The molecule has 0 fully saturated rings. The molecule has 21 heavy (non-hydrogen) atoms. The molecule has 1 aromatic heterocycles. The minimum Gasteiger partial charge on any atom is -0.273 e. The van der Waals surface area contributed by atoms with Gasteiger partial charge in [-0.1, -0.05) is 18.2 Å². The molecule has 0 radical (unpaired) electrons. The van der Waals surface area contributed by atoms with Gasteiger partial charge >= 0.3 is 0 Å². The van der Waals surface area contributed by atoms with Crippen LogP contribution in [0.3, 0.4) is 0 Å². The van der Waals surface area contributed by atoms with Gasteiger partial charge in [-0.05, 0) is 46.1 Å². The quantitative estimate of drug-likeness (QED) is 0.833. The first-order chi connectivity index (χ1) is 10.2. The van der Waals surface area contributed by atoms with Crippen molar-refractivity contribution in [1.82, 2.24) is 15.8 Å². The zero-order chi connectivity index (χ0) is 15.1. The van der Waals surface area contributed by atoms with Crippen LogP contribution in [0.5, 0.6) is 0 Å². The van der Waals surface area contributed by atoms with E-state index in [0.717, 1.165) is 5.56 Å². The standard InChI is InChI=1S/C15H14BrN3O2/c16-13-6-2-1-5-12(13)15(21)19-18-14(20)8-7-11-4-3-9-17-10-11/h1-6,9-10H,7-8H2,(H,18,20)(H,19,21). The van der Waals surface area contributed by atoms with Gasteiger partial charge in [0.05, 0.1) is 5.56 Å². The molecule has 2 amide bonds. The summed E-state index contributed by atoms with van der Waals surface area (Å²) in [6.07, 6.45) is 4.25. The number of amides is 2. The lowest BCUT2D eigenvalue weighted by atomic mass is 10.1. The van der Waals surface area contributed by atoms with Gasteiger partial charge < -0.3 is 0 Å². The van der Waals surface area contributed by atoms with Crippen molar-refractivity contribution in [3.63, 3.8) is 0 Å². The number of pyridine rings is 1. The van der Waals surface area contributed by atoms with Crippen LogP contribution in [0.4, 0.5) is 0 Å². The largest absolute Gasteiger partial charge is 0.273 e. The third kappa shape index (κ3) is 4.68. The summed E-state index contributed by atoms with van der Waals surface area (Å²) in [6.45, 7) is 0. The smallest absolute Gasteiger partial charge is 0.270 e. The number of hydrazine groups is 1. The summed E-state index contributed by atoms with van der Waals surface area (Å²) in [7, 11) is 0. The van der Waals surface area contributed by atoms with Crippen LogP contribution < -0.4 is 10.9 Å². The van der Waals surface area contributed by atoms with Gasteiger partial charge in [-0.15, -0.1) is 0 Å². The number of carbonyl (C=O) groups is 2. The highest BCUT2D eigenvalue weighted by Crippen LogP contribution is 2.15. The number of halogens is 1. The van der Waals surface area contributed by atoms with Gasteiger partial charge in [0, 0.05) is 23.3 Å². The van der Waals surface area contributed by atoms with Gasteiger partial charge in [0.15, 0.2) is 0 Å². The second-order valence-corrected chi connectivity index (χ2v) is 5.20. The highest BCUT2D eigenvalue weighted by molar-refractivity contribution is 9.10. The second-order valence-electron chi connectivity index (χ2n) is 4.34. The number of hydrogen-bond acceptors (Lipinski definition) is 3. The number of aromatic nitrogens is 1. The van der Waals surface area contributed by atoms with E-state index in [9.17, 15) is 9.59 Å². The third-order valence-corrected chi connectivity index (χ3v) is 3.49. The number of hydrogen-bond donors (Lipinski definition) is 2. The van der Waals surface area contributed by atoms with Crippen molar-refractivity contribution in [3.8, 4) is 0 Å². The Hall–Kier alpha value is -2.21. The average Bonchev–Trinajstić information content (AvgIpc) is 2.52. The van der Waals surface area contributed by atoms with E-state index in [1.165, 1.54) is 0 Å². The Morgan fingerprint density at radius 3 is 2.62 bits per heavy atom. The van der Waals surface area contributed by atoms with Crippen LogP contribution >= 0.6 is 15.9 Å². The molecule has 0 spiro atoms. The maximum absolute atomic E-state index is 11.9. The Morgan fingerprint density at radius 2 is 1.90 bits per heavy atom. The highest BCUT2D eigenvalue weighted by Gasteiger charge is 2.10. The monoisotopic (exact) mass is 347 g/mol. The van der Waals surface area contributed by atoms with Gasteiger partial charge in [0.1, 0.15) is 0 Å². The predicted octanol–water partition coefficient (Wildman–Crippen LogP) is 2.24. The lowest BCUT2D eigenvalue weighted by Crippen LogP contribution is -2.41. The Morgan fingerprint density at radius 1 is 1.10 bits per heavy atom. The highest BCUT2D eigenvalue weighted by atomic mass is 79.9. The molecule has 108 valence electrons. The van der Waals surface area contributed by atoms with Crippen molar-refractivity contribution in [3.05, 3.63) is 64.4 Å². The molecule has 2 aromatic rings. The molecule has 2 N–H and O–H groups in total. The number of benzene rings is 1. The summed E-state index contributed by atoms with van der Waals surface area (Å²) >= 11 is 3.28. The molecule has 1 aromatic carbocycles. The Balaban J connectivity index is 1.79. The molecule has 0 unspecified atom stereocenters. The van der Waals surface area contributed by atoms with Crippen LogP contribution in [0.15, 0.2) is 53.3 Å². The lowest BCUT2D eigenvalue weighted by Gasteiger charge is -2.08. The first kappa shape index (κ1) is 15.2. The van der Waals surface area contributed by atoms with E-state index in [0.29, 0.717) is 16.5 Å². The van der Waals surface area contributed by atoms with Crippen molar-refractivity contribution in [2.24, 2.45) is 0 Å². The molecular weight excluding hydrogens is 334 g/mol. The van der Waals surface area contributed by atoms with Gasteiger partial charge in [0.25, 0.3) is 5.91 Å². The fourth-order valence-corrected chi connectivity index (χ4v) is 2.17. The summed E-state index contributed by atoms with van der Waals surface area (Å²) in [5, 5.41) is 0. The summed E-state index contributed by atoms with van der Waals surface area (Å²) in [4.78, 5) is 27.5. The van der Waals surface area contributed by atoms with E-state index in [1.807, 2.05) is 18.2 Å². The summed E-state index contributed by atoms with van der Waals surface area (Å²) < 4.78 is 0.673. The van der Waals surface area contributed by atoms with E-state index in [1.54, 1.807) is 30.6 Å². The molecular formula is C15H14BrN3O2. The van der Waals surface area contributed by atoms with E-state index >= 15 is 0 Å². The molecule has 0 saturated carbocycles. The normalized spacial score (nSPS) is 9.95. The van der Waals surface area contributed by atoms with E-state index in [4.69, 9.17) is 0 Å². The molecule has 0 aliphatic heterocycles. The SMILES string of the molecule is O=C(CCc1cccnc1)NNC(=O)c1ccccc1Br. The van der Waals surface area contributed by atoms with Crippen LogP contribution in [0.25, 0.3) is 0 Å². The average molecular weight is 348 g/mol. The fourth-order valence-electron chi connectivity index (χ4n) is 1.71. The van der Waals surface area contributed by atoms with Gasteiger partial charge in [-0.25, -0.2) is 0 Å². The van der Waals surface area contributed by atoms with E-state index in [2.05, 4.69) is 31.8 Å². The van der Waals surface area contributed by atoms with Gasteiger partial charge in [-0.2, -0.15) is 0 Å². The lowest BCUT2D eigenvalue weighted by molar-refractivity contribution is -0.121.